The molecular weight excluding hydrogens is 411 g/mol. The first kappa shape index (κ1) is 16.1. The molecule has 1 atom stereocenters. The zero-order valence-corrected chi connectivity index (χ0v) is 15.8. The number of carbonyl (C=O) groups excluding carboxylic acids is 1. The van der Waals surface area contributed by atoms with Crippen LogP contribution < -0.4 is 0 Å². The Bertz CT molecular complexity index is 761. The summed E-state index contributed by atoms with van der Waals surface area (Å²) in [5.74, 6) is 0.180. The monoisotopic (exact) mass is 432 g/mol. The average molecular weight is 432 g/mol. The van der Waals surface area contributed by atoms with Crippen LogP contribution in [0, 0.1) is 3.57 Å². The highest BCUT2D eigenvalue weighted by molar-refractivity contribution is 14.1. The molecular formula is C20H21IN2O. The van der Waals surface area contributed by atoms with Crippen molar-refractivity contribution in [2.45, 2.75) is 25.4 Å². The lowest BCUT2D eigenvalue weighted by Crippen LogP contribution is -2.41. The van der Waals surface area contributed by atoms with E-state index in [9.17, 15) is 4.79 Å². The lowest BCUT2D eigenvalue weighted by Gasteiger charge is -2.33. The Labute approximate surface area is 156 Å². The second-order valence-electron chi connectivity index (χ2n) is 6.66. The van der Waals surface area contributed by atoms with Crippen molar-refractivity contribution in [2.75, 3.05) is 19.6 Å². The highest BCUT2D eigenvalue weighted by Gasteiger charge is 2.32. The molecule has 0 aliphatic carbocycles. The van der Waals surface area contributed by atoms with Gasteiger partial charge in [0.05, 0.1) is 5.56 Å². The van der Waals surface area contributed by atoms with Gasteiger partial charge in [-0.05, 0) is 58.7 Å². The Balaban J connectivity index is 1.44. The van der Waals surface area contributed by atoms with Crippen molar-refractivity contribution >= 4 is 28.5 Å². The van der Waals surface area contributed by atoms with Crippen molar-refractivity contribution in [3.05, 3.63) is 68.8 Å². The molecule has 2 aromatic carbocycles. The van der Waals surface area contributed by atoms with E-state index in [2.05, 4.69) is 51.8 Å². The molecule has 0 radical (unpaired) electrons. The van der Waals surface area contributed by atoms with E-state index in [1.807, 2.05) is 29.2 Å². The van der Waals surface area contributed by atoms with E-state index in [-0.39, 0.29) is 5.91 Å². The molecule has 0 saturated carbocycles. The van der Waals surface area contributed by atoms with Gasteiger partial charge in [0.1, 0.15) is 0 Å². The van der Waals surface area contributed by atoms with Gasteiger partial charge in [0.2, 0.25) is 0 Å². The van der Waals surface area contributed by atoms with Gasteiger partial charge in [-0.1, -0.05) is 36.4 Å². The lowest BCUT2D eigenvalue weighted by molar-refractivity contribution is 0.0772. The summed E-state index contributed by atoms with van der Waals surface area (Å²) in [5.41, 5.74) is 3.77. The highest BCUT2D eigenvalue weighted by Crippen LogP contribution is 2.25. The fourth-order valence-corrected chi connectivity index (χ4v) is 4.48. The zero-order valence-electron chi connectivity index (χ0n) is 13.6. The van der Waals surface area contributed by atoms with E-state index >= 15 is 0 Å². The van der Waals surface area contributed by atoms with E-state index in [4.69, 9.17) is 0 Å². The number of fused-ring (bicyclic) bond motifs is 1. The normalized spacial score (nSPS) is 20.9. The van der Waals surface area contributed by atoms with Crippen LogP contribution in [-0.2, 0) is 13.0 Å². The molecule has 0 unspecified atom stereocenters. The molecule has 2 aromatic rings. The summed E-state index contributed by atoms with van der Waals surface area (Å²) in [4.78, 5) is 17.4. The van der Waals surface area contributed by atoms with E-state index < -0.39 is 0 Å². The summed E-state index contributed by atoms with van der Waals surface area (Å²) in [7, 11) is 0. The van der Waals surface area contributed by atoms with E-state index in [1.54, 1.807) is 0 Å². The Morgan fingerprint density at radius 1 is 1.00 bits per heavy atom. The Morgan fingerprint density at radius 3 is 2.58 bits per heavy atom. The summed E-state index contributed by atoms with van der Waals surface area (Å²) in [6.07, 6.45) is 2.20. The van der Waals surface area contributed by atoms with Crippen molar-refractivity contribution < 1.29 is 4.79 Å². The minimum atomic E-state index is 0.180. The predicted octanol–water partition coefficient (Wildman–Crippen LogP) is 3.56. The maximum Gasteiger partial charge on any atom is 0.254 e. The van der Waals surface area contributed by atoms with Crippen LogP contribution in [0.2, 0.25) is 0 Å². The number of nitrogens with zero attached hydrogens (tertiary/aromatic N) is 2. The fraction of sp³-hybridized carbons (Fsp3) is 0.350. The first-order valence-corrected chi connectivity index (χ1v) is 9.65. The second-order valence-corrected chi connectivity index (χ2v) is 7.82. The third kappa shape index (κ3) is 3.09. The number of rotatable bonds is 2. The fourth-order valence-electron chi connectivity index (χ4n) is 3.86. The molecule has 124 valence electrons. The lowest BCUT2D eigenvalue weighted by atomic mass is 9.98. The number of likely N-dealkylation sites (tertiary alicyclic amines) is 1. The van der Waals surface area contributed by atoms with Gasteiger partial charge in [-0.3, -0.25) is 9.69 Å². The molecule has 0 aromatic heterocycles. The van der Waals surface area contributed by atoms with Gasteiger partial charge in [0.25, 0.3) is 5.91 Å². The van der Waals surface area contributed by atoms with E-state index in [1.165, 1.54) is 11.1 Å². The molecule has 2 aliphatic heterocycles. The van der Waals surface area contributed by atoms with Crippen LogP contribution in [0.3, 0.4) is 0 Å². The molecule has 1 fully saturated rings. The zero-order chi connectivity index (χ0) is 16.5. The summed E-state index contributed by atoms with van der Waals surface area (Å²) in [6.45, 7) is 3.84. The number of hydrogen-bond donors (Lipinski definition) is 0. The van der Waals surface area contributed by atoms with E-state index in [0.29, 0.717) is 6.04 Å². The third-order valence-electron chi connectivity index (χ3n) is 5.23. The minimum absolute atomic E-state index is 0.180. The van der Waals surface area contributed by atoms with Crippen LogP contribution in [0.1, 0.15) is 27.9 Å². The molecule has 0 bridgehead atoms. The van der Waals surface area contributed by atoms with Crippen molar-refractivity contribution in [2.24, 2.45) is 0 Å². The van der Waals surface area contributed by atoms with Gasteiger partial charge in [0.15, 0.2) is 0 Å². The summed E-state index contributed by atoms with van der Waals surface area (Å²) in [6, 6.07) is 17.1. The van der Waals surface area contributed by atoms with E-state index in [0.717, 1.165) is 48.2 Å². The molecule has 2 heterocycles. The number of carbonyl (C=O) groups is 1. The summed E-state index contributed by atoms with van der Waals surface area (Å²) < 4.78 is 1.04. The SMILES string of the molecule is O=C(c1ccccc1I)N1CC[C@@H](N2CCc3ccccc3C2)C1. The van der Waals surface area contributed by atoms with Crippen LogP contribution in [0.25, 0.3) is 0 Å². The van der Waals surface area contributed by atoms with Gasteiger partial charge in [-0.2, -0.15) is 0 Å². The number of amides is 1. The molecule has 0 N–H and O–H groups in total. The van der Waals surface area contributed by atoms with Gasteiger partial charge in [-0.15, -0.1) is 0 Å². The first-order valence-electron chi connectivity index (χ1n) is 8.57. The van der Waals surface area contributed by atoms with Crippen LogP contribution >= 0.6 is 22.6 Å². The van der Waals surface area contributed by atoms with Gasteiger partial charge in [-0.25, -0.2) is 0 Å². The molecule has 1 saturated heterocycles. The predicted molar refractivity (Wildman–Crippen MR) is 104 cm³/mol. The molecule has 1 amide bonds. The molecule has 4 rings (SSSR count). The van der Waals surface area contributed by atoms with Crippen molar-refractivity contribution in [1.29, 1.82) is 0 Å². The molecule has 2 aliphatic rings. The van der Waals surface area contributed by atoms with Gasteiger partial charge < -0.3 is 4.90 Å². The second kappa shape index (κ2) is 6.84. The standard InChI is InChI=1S/C20H21IN2O/c21-19-8-4-3-7-18(19)20(24)23-12-10-17(14-23)22-11-9-15-5-1-2-6-16(15)13-22/h1-8,17H,9-14H2/t17-/m1/s1. The van der Waals surface area contributed by atoms with Gasteiger partial charge >= 0.3 is 0 Å². The maximum absolute atomic E-state index is 12.8. The van der Waals surface area contributed by atoms with Crippen LogP contribution in [-0.4, -0.2) is 41.4 Å². The largest absolute Gasteiger partial charge is 0.337 e. The smallest absolute Gasteiger partial charge is 0.254 e. The summed E-state index contributed by atoms with van der Waals surface area (Å²) >= 11 is 2.25. The van der Waals surface area contributed by atoms with Crippen LogP contribution in [0.4, 0.5) is 0 Å². The number of halogens is 1. The summed E-state index contributed by atoms with van der Waals surface area (Å²) in [5, 5.41) is 0. The van der Waals surface area contributed by atoms with Crippen LogP contribution in [0.5, 0.6) is 0 Å². The Hall–Kier alpha value is -1.40. The molecule has 24 heavy (non-hydrogen) atoms. The maximum atomic E-state index is 12.8. The van der Waals surface area contributed by atoms with Crippen LogP contribution in [0.15, 0.2) is 48.5 Å². The third-order valence-corrected chi connectivity index (χ3v) is 6.17. The topological polar surface area (TPSA) is 23.6 Å². The highest BCUT2D eigenvalue weighted by atomic mass is 127. The Kier molecular flexibility index (Phi) is 4.59. The van der Waals surface area contributed by atoms with Gasteiger partial charge in [0, 0.05) is 35.8 Å². The van der Waals surface area contributed by atoms with Crippen molar-refractivity contribution in [3.8, 4) is 0 Å². The molecule has 4 heteroatoms. The minimum Gasteiger partial charge on any atom is -0.337 e. The molecule has 0 spiro atoms. The first-order chi connectivity index (χ1) is 11.7. The Morgan fingerprint density at radius 2 is 1.75 bits per heavy atom. The number of hydrogen-bond acceptors (Lipinski definition) is 2. The van der Waals surface area contributed by atoms with Crippen molar-refractivity contribution in [3.63, 3.8) is 0 Å². The average Bonchev–Trinajstić information content (AvgIpc) is 3.11. The molecule has 3 nitrogen and oxygen atoms in total. The number of benzene rings is 2. The quantitative estimate of drug-likeness (QED) is 0.678. The van der Waals surface area contributed by atoms with Crippen molar-refractivity contribution in [1.82, 2.24) is 9.80 Å².